The molecule has 0 N–H and O–H groups in total. The number of rotatable bonds is 5. The van der Waals surface area contributed by atoms with Gasteiger partial charge in [0.05, 0.1) is 17.3 Å². The number of ether oxygens (including phenoxy) is 1. The van der Waals surface area contributed by atoms with Gasteiger partial charge in [-0.25, -0.2) is 0 Å². The Balaban J connectivity index is 1.73. The molecule has 1 fully saturated rings. The van der Waals surface area contributed by atoms with Crippen LogP contribution in [0, 0.1) is 0 Å². The maximum atomic E-state index is 13.6. The second kappa shape index (κ2) is 9.13. The van der Waals surface area contributed by atoms with Gasteiger partial charge < -0.3 is 14.5 Å². The number of halogens is 5. The maximum Gasteiger partial charge on any atom is 0.433 e. The van der Waals surface area contributed by atoms with Gasteiger partial charge in [-0.15, -0.1) is 0 Å². The monoisotopic (exact) mass is 460 g/mol. The normalized spacial score (nSPS) is 14.9. The molecule has 174 valence electrons. The third-order valence-electron chi connectivity index (χ3n) is 4.97. The molecule has 1 aliphatic rings. The lowest BCUT2D eigenvalue weighted by Gasteiger charge is -2.35. The fourth-order valence-corrected chi connectivity index (χ4v) is 3.49. The van der Waals surface area contributed by atoms with Crippen LogP contribution in [-0.4, -0.2) is 64.2 Å². The zero-order valence-corrected chi connectivity index (χ0v) is 17.3. The summed E-state index contributed by atoms with van der Waals surface area (Å²) in [4.78, 5) is 28.1. The van der Waals surface area contributed by atoms with E-state index in [1.54, 1.807) is 0 Å². The Morgan fingerprint density at radius 3 is 2.00 bits per heavy atom. The Bertz CT molecular complexity index is 982. The molecule has 32 heavy (non-hydrogen) atoms. The van der Waals surface area contributed by atoms with Crippen LogP contribution in [0.1, 0.15) is 46.3 Å². The van der Waals surface area contributed by atoms with Crippen molar-refractivity contribution in [3.8, 4) is 5.75 Å². The van der Waals surface area contributed by atoms with Crippen LogP contribution in [0.3, 0.4) is 0 Å². The minimum atomic E-state index is -4.77. The van der Waals surface area contributed by atoms with Crippen molar-refractivity contribution in [2.24, 2.45) is 0 Å². The van der Waals surface area contributed by atoms with Crippen LogP contribution in [0.15, 0.2) is 30.5 Å². The van der Waals surface area contributed by atoms with E-state index < -0.39 is 41.9 Å². The van der Waals surface area contributed by atoms with Gasteiger partial charge in [-0.2, -0.15) is 27.1 Å². The average molecular weight is 460 g/mol. The van der Waals surface area contributed by atoms with E-state index in [2.05, 4.69) is 9.84 Å². The fourth-order valence-electron chi connectivity index (χ4n) is 3.49. The predicted octanol–water partition coefficient (Wildman–Crippen LogP) is 3.68. The van der Waals surface area contributed by atoms with Crippen LogP contribution >= 0.6 is 0 Å². The van der Waals surface area contributed by atoms with E-state index in [1.807, 2.05) is 0 Å². The zero-order valence-electron chi connectivity index (χ0n) is 17.3. The Hall–Kier alpha value is -3.18. The number of carbonyl (C=O) groups is 2. The summed E-state index contributed by atoms with van der Waals surface area (Å²) in [5.74, 6) is -1.68. The highest BCUT2D eigenvalue weighted by Crippen LogP contribution is 2.34. The van der Waals surface area contributed by atoms with Crippen molar-refractivity contribution in [3.63, 3.8) is 0 Å². The third kappa shape index (κ3) is 4.83. The van der Waals surface area contributed by atoms with Gasteiger partial charge in [0.25, 0.3) is 11.8 Å². The highest BCUT2D eigenvalue weighted by Gasteiger charge is 2.42. The number of para-hydroxylation sites is 1. The minimum Gasteiger partial charge on any atom is -0.434 e. The van der Waals surface area contributed by atoms with Gasteiger partial charge in [-0.05, 0) is 26.0 Å². The van der Waals surface area contributed by atoms with E-state index in [0.717, 1.165) is 10.9 Å². The van der Waals surface area contributed by atoms with Crippen molar-refractivity contribution in [2.45, 2.75) is 32.7 Å². The number of alkyl halides is 5. The fraction of sp³-hybridized carbons (Fsp3) is 0.450. The van der Waals surface area contributed by atoms with Crippen LogP contribution in [0.4, 0.5) is 22.0 Å². The molecule has 0 saturated carbocycles. The number of hydrogen-bond donors (Lipinski definition) is 0. The summed E-state index contributed by atoms with van der Waals surface area (Å²) in [6, 6.07) is 4.92. The first-order valence-electron chi connectivity index (χ1n) is 9.77. The molecular weight excluding hydrogens is 439 g/mol. The van der Waals surface area contributed by atoms with Gasteiger partial charge in [0.15, 0.2) is 5.69 Å². The highest BCUT2D eigenvalue weighted by molar-refractivity contribution is 5.98. The van der Waals surface area contributed by atoms with Crippen molar-refractivity contribution >= 4 is 11.8 Å². The number of aromatic nitrogens is 2. The van der Waals surface area contributed by atoms with E-state index in [0.29, 0.717) is 0 Å². The second-order valence-electron chi connectivity index (χ2n) is 7.40. The lowest BCUT2D eigenvalue weighted by Crippen LogP contribution is -2.50. The molecule has 1 aliphatic heterocycles. The smallest absolute Gasteiger partial charge is 0.433 e. The van der Waals surface area contributed by atoms with Crippen LogP contribution in [-0.2, 0) is 6.18 Å². The van der Waals surface area contributed by atoms with Crippen LogP contribution in [0.5, 0.6) is 5.75 Å². The van der Waals surface area contributed by atoms with Crippen LogP contribution in [0.25, 0.3) is 0 Å². The average Bonchev–Trinajstić information content (AvgIpc) is 3.19. The maximum absolute atomic E-state index is 13.6. The summed E-state index contributed by atoms with van der Waals surface area (Å²) in [5, 5.41) is 3.72. The predicted molar refractivity (Wildman–Crippen MR) is 102 cm³/mol. The van der Waals surface area contributed by atoms with Gasteiger partial charge in [0.2, 0.25) is 0 Å². The molecular formula is C20H21F5N4O3. The molecule has 1 saturated heterocycles. The number of benzene rings is 1. The van der Waals surface area contributed by atoms with Crippen LogP contribution < -0.4 is 4.74 Å². The SMILES string of the molecule is CC(C)n1ncc(C(=O)N2CCN(C(=O)c3ccccc3OC(F)F)CC2)c1C(F)(F)F. The Morgan fingerprint density at radius 1 is 0.969 bits per heavy atom. The van der Waals surface area contributed by atoms with Crippen molar-refractivity contribution in [2.75, 3.05) is 26.2 Å². The van der Waals surface area contributed by atoms with E-state index in [9.17, 15) is 31.5 Å². The number of hydrogen-bond acceptors (Lipinski definition) is 4. The van der Waals surface area contributed by atoms with Gasteiger partial charge in [0.1, 0.15) is 5.75 Å². The van der Waals surface area contributed by atoms with E-state index in [1.165, 1.54) is 47.9 Å². The van der Waals surface area contributed by atoms with E-state index in [-0.39, 0.29) is 37.5 Å². The molecule has 3 rings (SSSR count). The van der Waals surface area contributed by atoms with Gasteiger partial charge in [-0.1, -0.05) is 12.1 Å². The molecule has 1 aromatic carbocycles. The van der Waals surface area contributed by atoms with Crippen molar-refractivity contribution in [3.05, 3.63) is 47.3 Å². The lowest BCUT2D eigenvalue weighted by atomic mass is 10.1. The lowest BCUT2D eigenvalue weighted by molar-refractivity contribution is -0.145. The summed E-state index contributed by atoms with van der Waals surface area (Å²) >= 11 is 0. The molecule has 2 heterocycles. The third-order valence-corrected chi connectivity index (χ3v) is 4.97. The van der Waals surface area contributed by atoms with Gasteiger partial charge in [-0.3, -0.25) is 14.3 Å². The molecule has 2 amide bonds. The van der Waals surface area contributed by atoms with Crippen molar-refractivity contribution < 1.29 is 36.3 Å². The molecule has 0 spiro atoms. The van der Waals surface area contributed by atoms with Crippen LogP contribution in [0.2, 0.25) is 0 Å². The molecule has 1 aromatic heterocycles. The molecule has 0 aliphatic carbocycles. The summed E-state index contributed by atoms with van der Waals surface area (Å²) < 4.78 is 71.0. The minimum absolute atomic E-state index is 0.0211. The van der Waals surface area contributed by atoms with Crippen molar-refractivity contribution in [1.82, 2.24) is 19.6 Å². The quantitative estimate of drug-likeness (QED) is 0.639. The standard InChI is InChI=1S/C20H21F5N4O3/c1-12(2)29-16(20(23,24)25)14(11-26-29)18(31)28-9-7-27(8-10-28)17(30)13-5-3-4-6-15(13)32-19(21)22/h3-6,11-12,19H,7-10H2,1-2H3. The molecule has 0 bridgehead atoms. The first-order chi connectivity index (χ1) is 15.0. The molecule has 2 aromatic rings. The second-order valence-corrected chi connectivity index (χ2v) is 7.40. The topological polar surface area (TPSA) is 67.7 Å². The summed E-state index contributed by atoms with van der Waals surface area (Å²) in [6.07, 6.45) is -3.86. The molecule has 12 heteroatoms. The molecule has 7 nitrogen and oxygen atoms in total. The summed E-state index contributed by atoms with van der Waals surface area (Å²) in [6.45, 7) is -0.0554. The Morgan fingerprint density at radius 2 is 1.50 bits per heavy atom. The Labute approximate surface area is 180 Å². The number of carbonyl (C=O) groups excluding carboxylic acids is 2. The summed E-state index contributed by atoms with van der Waals surface area (Å²) in [7, 11) is 0. The Kier molecular flexibility index (Phi) is 6.70. The zero-order chi connectivity index (χ0) is 23.6. The molecule has 0 radical (unpaired) electrons. The number of amides is 2. The van der Waals surface area contributed by atoms with Crippen molar-refractivity contribution in [1.29, 1.82) is 0 Å². The first kappa shape index (κ1) is 23.5. The summed E-state index contributed by atoms with van der Waals surface area (Å²) in [5.41, 5.74) is -1.74. The number of nitrogens with zero attached hydrogens (tertiary/aromatic N) is 4. The number of piperazine rings is 1. The largest absolute Gasteiger partial charge is 0.434 e. The molecule has 0 unspecified atom stereocenters. The van der Waals surface area contributed by atoms with Gasteiger partial charge >= 0.3 is 12.8 Å². The van der Waals surface area contributed by atoms with E-state index >= 15 is 0 Å². The highest BCUT2D eigenvalue weighted by atomic mass is 19.4. The van der Waals surface area contributed by atoms with Gasteiger partial charge in [0, 0.05) is 32.2 Å². The first-order valence-corrected chi connectivity index (χ1v) is 9.77. The van der Waals surface area contributed by atoms with E-state index in [4.69, 9.17) is 0 Å². The molecule has 0 atom stereocenters.